The molecule has 2 aliphatic carbocycles. The maximum absolute atomic E-state index is 12.1. The van der Waals surface area contributed by atoms with E-state index in [0.717, 1.165) is 31.3 Å². The Bertz CT molecular complexity index is 325. The van der Waals surface area contributed by atoms with E-state index in [2.05, 4.69) is 10.2 Å². The number of carbonyl (C=O) groups excluding carboxylic acids is 1. The molecule has 0 aromatic heterocycles. The Labute approximate surface area is 115 Å². The molecule has 3 aliphatic rings. The number of nitrogens with zero attached hydrogens (tertiary/aromatic N) is 1. The van der Waals surface area contributed by atoms with Gasteiger partial charge in [0, 0.05) is 12.6 Å². The van der Waals surface area contributed by atoms with Gasteiger partial charge < -0.3 is 10.4 Å². The van der Waals surface area contributed by atoms with Crippen molar-refractivity contribution in [2.45, 2.75) is 51.2 Å². The molecule has 2 N–H and O–H groups in total. The van der Waals surface area contributed by atoms with Gasteiger partial charge in [0.15, 0.2) is 0 Å². The van der Waals surface area contributed by atoms with E-state index in [9.17, 15) is 9.90 Å². The molecule has 0 radical (unpaired) electrons. The highest BCUT2D eigenvalue weighted by Gasteiger charge is 2.42. The number of rotatable bonds is 6. The smallest absolute Gasteiger partial charge is 0.234 e. The van der Waals surface area contributed by atoms with E-state index >= 15 is 0 Å². The molecule has 3 rings (SSSR count). The fourth-order valence-electron chi connectivity index (χ4n) is 3.37. The van der Waals surface area contributed by atoms with Crippen molar-refractivity contribution in [3.05, 3.63) is 0 Å². The van der Waals surface area contributed by atoms with Crippen LogP contribution in [-0.2, 0) is 4.79 Å². The monoisotopic (exact) mass is 266 g/mol. The molecular formula is C15H26N2O2. The van der Waals surface area contributed by atoms with Crippen molar-refractivity contribution < 1.29 is 9.90 Å². The Hall–Kier alpha value is -0.610. The summed E-state index contributed by atoms with van der Waals surface area (Å²) in [4.78, 5) is 14.3. The van der Waals surface area contributed by atoms with Gasteiger partial charge in [0.2, 0.25) is 5.91 Å². The number of nitrogens with one attached hydrogen (secondary N) is 1. The summed E-state index contributed by atoms with van der Waals surface area (Å²) in [7, 11) is 0. The number of carbonyl (C=O) groups is 1. The summed E-state index contributed by atoms with van der Waals surface area (Å²) < 4.78 is 0. The molecule has 4 nitrogen and oxygen atoms in total. The lowest BCUT2D eigenvalue weighted by atomic mass is 10.0. The van der Waals surface area contributed by atoms with Gasteiger partial charge in [-0.25, -0.2) is 0 Å². The Morgan fingerprint density at radius 1 is 1.21 bits per heavy atom. The van der Waals surface area contributed by atoms with E-state index in [-0.39, 0.29) is 12.0 Å². The first-order valence-corrected chi connectivity index (χ1v) is 7.83. The highest BCUT2D eigenvalue weighted by molar-refractivity contribution is 5.78. The molecule has 4 heteroatoms. The second-order valence-corrected chi connectivity index (χ2v) is 6.79. The van der Waals surface area contributed by atoms with Crippen LogP contribution in [0.15, 0.2) is 0 Å². The lowest BCUT2D eigenvalue weighted by Gasteiger charge is -2.21. The van der Waals surface area contributed by atoms with Crippen molar-refractivity contribution in [1.29, 1.82) is 0 Å². The Kier molecular flexibility index (Phi) is 3.81. The van der Waals surface area contributed by atoms with E-state index in [1.54, 1.807) is 0 Å². The average Bonchev–Trinajstić information content (AvgIpc) is 3.26. The van der Waals surface area contributed by atoms with Gasteiger partial charge in [0.05, 0.1) is 12.6 Å². The molecule has 108 valence electrons. The summed E-state index contributed by atoms with van der Waals surface area (Å²) in [5.74, 6) is 2.06. The minimum atomic E-state index is -0.251. The third-order valence-electron chi connectivity index (χ3n) is 4.95. The number of likely N-dealkylation sites (tertiary alicyclic amines) is 1. The highest BCUT2D eigenvalue weighted by atomic mass is 16.3. The minimum absolute atomic E-state index is 0.190. The molecule has 0 spiro atoms. The van der Waals surface area contributed by atoms with Crippen molar-refractivity contribution >= 4 is 5.91 Å². The molecule has 19 heavy (non-hydrogen) atoms. The first-order chi connectivity index (χ1) is 9.13. The predicted molar refractivity (Wildman–Crippen MR) is 73.6 cm³/mol. The summed E-state index contributed by atoms with van der Waals surface area (Å²) in [6, 6.07) is 0.461. The Morgan fingerprint density at radius 3 is 2.32 bits per heavy atom. The summed E-state index contributed by atoms with van der Waals surface area (Å²) in [6.45, 7) is 4.17. The van der Waals surface area contributed by atoms with Gasteiger partial charge in [-0.1, -0.05) is 0 Å². The molecule has 1 heterocycles. The van der Waals surface area contributed by atoms with Crippen LogP contribution in [0.4, 0.5) is 0 Å². The van der Waals surface area contributed by atoms with Crippen LogP contribution >= 0.6 is 0 Å². The van der Waals surface area contributed by atoms with Crippen molar-refractivity contribution in [2.24, 2.45) is 17.8 Å². The van der Waals surface area contributed by atoms with Crippen molar-refractivity contribution in [1.82, 2.24) is 10.2 Å². The third-order valence-corrected chi connectivity index (χ3v) is 4.95. The molecule has 3 fully saturated rings. The van der Waals surface area contributed by atoms with Gasteiger partial charge in [-0.2, -0.15) is 0 Å². The van der Waals surface area contributed by atoms with Crippen LogP contribution in [-0.4, -0.2) is 47.7 Å². The first kappa shape index (κ1) is 13.4. The van der Waals surface area contributed by atoms with Gasteiger partial charge in [-0.05, 0) is 63.3 Å². The second kappa shape index (κ2) is 5.41. The molecular weight excluding hydrogens is 240 g/mol. The second-order valence-electron chi connectivity index (χ2n) is 6.79. The van der Waals surface area contributed by atoms with Crippen LogP contribution in [0.3, 0.4) is 0 Å². The third kappa shape index (κ3) is 3.48. The molecule has 1 aliphatic heterocycles. The average molecular weight is 266 g/mol. The van der Waals surface area contributed by atoms with Crippen molar-refractivity contribution in [3.63, 3.8) is 0 Å². The van der Waals surface area contributed by atoms with Crippen LogP contribution in [0, 0.1) is 17.8 Å². The lowest BCUT2D eigenvalue weighted by molar-refractivity contribution is -0.123. The number of aliphatic hydroxyl groups excluding tert-OH is 1. The number of aliphatic hydroxyl groups is 1. The fourth-order valence-corrected chi connectivity index (χ4v) is 3.37. The molecule has 2 unspecified atom stereocenters. The van der Waals surface area contributed by atoms with Gasteiger partial charge in [-0.15, -0.1) is 0 Å². The summed E-state index contributed by atoms with van der Waals surface area (Å²) in [5, 5.41) is 12.9. The van der Waals surface area contributed by atoms with E-state index in [1.165, 1.54) is 25.7 Å². The van der Waals surface area contributed by atoms with Crippen molar-refractivity contribution in [2.75, 3.05) is 19.6 Å². The van der Waals surface area contributed by atoms with Gasteiger partial charge >= 0.3 is 0 Å². The van der Waals surface area contributed by atoms with Crippen molar-refractivity contribution in [3.8, 4) is 0 Å². The van der Waals surface area contributed by atoms with Crippen LogP contribution in [0.25, 0.3) is 0 Å². The standard InChI is InChI=1S/C15H26N2O2/c1-10(18)13-6-7-17(8-13)9-14(19)16-15(11-2-3-11)12-4-5-12/h10-13,15,18H,2-9H2,1H3,(H,16,19). The predicted octanol–water partition coefficient (Wildman–Crippen LogP) is 0.994. The molecule has 0 bridgehead atoms. The molecule has 1 amide bonds. The quantitative estimate of drug-likeness (QED) is 0.754. The SMILES string of the molecule is CC(O)C1CCN(CC(=O)NC(C2CC2)C2CC2)C1. The molecule has 0 aromatic rings. The maximum atomic E-state index is 12.1. The largest absolute Gasteiger partial charge is 0.393 e. The first-order valence-electron chi connectivity index (χ1n) is 7.83. The highest BCUT2D eigenvalue weighted by Crippen LogP contribution is 2.44. The van der Waals surface area contributed by atoms with E-state index in [0.29, 0.717) is 18.5 Å². The Balaban J connectivity index is 1.43. The minimum Gasteiger partial charge on any atom is -0.393 e. The van der Waals surface area contributed by atoms with Crippen LogP contribution < -0.4 is 5.32 Å². The summed E-state index contributed by atoms with van der Waals surface area (Å²) >= 11 is 0. The van der Waals surface area contributed by atoms with Gasteiger partial charge in [-0.3, -0.25) is 9.69 Å². The molecule has 2 atom stereocenters. The number of amides is 1. The summed E-state index contributed by atoms with van der Waals surface area (Å²) in [5.41, 5.74) is 0. The normalized spacial score (nSPS) is 29.7. The van der Waals surface area contributed by atoms with E-state index in [1.807, 2.05) is 6.92 Å². The van der Waals surface area contributed by atoms with Crippen LogP contribution in [0.2, 0.25) is 0 Å². The van der Waals surface area contributed by atoms with Crippen LogP contribution in [0.1, 0.15) is 39.0 Å². The fraction of sp³-hybridized carbons (Fsp3) is 0.933. The summed E-state index contributed by atoms with van der Waals surface area (Å²) in [6.07, 6.45) is 5.97. The molecule has 0 aromatic carbocycles. The molecule has 2 saturated carbocycles. The van der Waals surface area contributed by atoms with E-state index < -0.39 is 0 Å². The van der Waals surface area contributed by atoms with Gasteiger partial charge in [0.1, 0.15) is 0 Å². The molecule has 1 saturated heterocycles. The zero-order valence-electron chi connectivity index (χ0n) is 11.8. The number of hydrogen-bond acceptors (Lipinski definition) is 3. The van der Waals surface area contributed by atoms with E-state index in [4.69, 9.17) is 0 Å². The van der Waals surface area contributed by atoms with Gasteiger partial charge in [0.25, 0.3) is 0 Å². The number of hydrogen-bond donors (Lipinski definition) is 2. The zero-order chi connectivity index (χ0) is 13.4. The Morgan fingerprint density at radius 2 is 1.84 bits per heavy atom. The lowest BCUT2D eigenvalue weighted by Crippen LogP contribution is -2.43. The maximum Gasteiger partial charge on any atom is 0.234 e. The topological polar surface area (TPSA) is 52.6 Å². The zero-order valence-corrected chi connectivity index (χ0v) is 11.8. The van der Waals surface area contributed by atoms with Crippen LogP contribution in [0.5, 0.6) is 0 Å².